The lowest BCUT2D eigenvalue weighted by Crippen LogP contribution is -2.12. The normalized spacial score (nSPS) is 10.6. The van der Waals surface area contributed by atoms with Crippen LogP contribution >= 0.6 is 0 Å². The van der Waals surface area contributed by atoms with E-state index in [1.807, 2.05) is 30.3 Å². The van der Waals surface area contributed by atoms with Gasteiger partial charge in [-0.15, -0.1) is 5.10 Å². The average Bonchev–Trinajstić information content (AvgIpc) is 3.17. The summed E-state index contributed by atoms with van der Waals surface area (Å²) in [6, 6.07) is 20.0. The van der Waals surface area contributed by atoms with Gasteiger partial charge in [0.15, 0.2) is 0 Å². The molecule has 31 heavy (non-hydrogen) atoms. The quantitative estimate of drug-likeness (QED) is 0.500. The van der Waals surface area contributed by atoms with Crippen molar-refractivity contribution in [3.05, 3.63) is 77.9 Å². The van der Waals surface area contributed by atoms with Crippen molar-refractivity contribution < 1.29 is 14.3 Å². The fourth-order valence-electron chi connectivity index (χ4n) is 3.18. The Morgan fingerprint density at radius 1 is 0.935 bits per heavy atom. The molecule has 0 aliphatic rings. The molecule has 3 aromatic carbocycles. The molecule has 0 saturated carbocycles. The first-order valence-corrected chi connectivity index (χ1v) is 9.67. The molecule has 0 saturated heterocycles. The molecule has 0 aliphatic carbocycles. The summed E-state index contributed by atoms with van der Waals surface area (Å²) in [6.07, 6.45) is 0. The Morgan fingerprint density at radius 2 is 1.61 bits per heavy atom. The highest BCUT2D eigenvalue weighted by Gasteiger charge is 2.11. The van der Waals surface area contributed by atoms with Gasteiger partial charge in [0, 0.05) is 23.9 Å². The molecule has 0 aliphatic heterocycles. The standard InChI is InChI=1S/C23H21N5O3/c1-15(29)24-18-6-8-19(9-7-18)25-23(30)17-5-12-22-21(13-17)26-27-28(22)14-16-3-10-20(31-2)11-4-16/h3-13H,14H2,1-2H3,(H,24,29)(H,25,30). The first-order valence-electron chi connectivity index (χ1n) is 9.67. The van der Waals surface area contributed by atoms with Gasteiger partial charge in [-0.3, -0.25) is 9.59 Å². The number of nitrogens with zero attached hydrogens (tertiary/aromatic N) is 3. The van der Waals surface area contributed by atoms with Crippen molar-refractivity contribution in [2.45, 2.75) is 13.5 Å². The summed E-state index contributed by atoms with van der Waals surface area (Å²) in [6.45, 7) is 2.01. The maximum atomic E-state index is 12.6. The van der Waals surface area contributed by atoms with Crippen LogP contribution in [0.25, 0.3) is 11.0 Å². The summed E-state index contributed by atoms with van der Waals surface area (Å²) in [5, 5.41) is 14.0. The second kappa shape index (κ2) is 8.66. The number of benzene rings is 3. The van der Waals surface area contributed by atoms with E-state index in [1.165, 1.54) is 6.92 Å². The highest BCUT2D eigenvalue weighted by molar-refractivity contribution is 6.06. The van der Waals surface area contributed by atoms with Crippen LogP contribution in [0, 0.1) is 0 Å². The minimum Gasteiger partial charge on any atom is -0.497 e. The highest BCUT2D eigenvalue weighted by atomic mass is 16.5. The van der Waals surface area contributed by atoms with Gasteiger partial charge in [0.05, 0.1) is 19.2 Å². The molecule has 156 valence electrons. The smallest absolute Gasteiger partial charge is 0.255 e. The molecule has 1 aromatic heterocycles. The van der Waals surface area contributed by atoms with Crippen LogP contribution in [0.2, 0.25) is 0 Å². The number of aromatic nitrogens is 3. The molecule has 4 aromatic rings. The van der Waals surface area contributed by atoms with E-state index in [9.17, 15) is 9.59 Å². The Bertz CT molecular complexity index is 1230. The first kappa shape index (κ1) is 20.1. The minimum absolute atomic E-state index is 0.148. The van der Waals surface area contributed by atoms with Crippen molar-refractivity contribution in [3.63, 3.8) is 0 Å². The predicted octanol–water partition coefficient (Wildman–Crippen LogP) is 3.70. The number of carbonyl (C=O) groups is 2. The van der Waals surface area contributed by atoms with Crippen molar-refractivity contribution in [2.24, 2.45) is 0 Å². The number of ether oxygens (including phenoxy) is 1. The molecule has 2 N–H and O–H groups in total. The van der Waals surface area contributed by atoms with Gasteiger partial charge in [0.1, 0.15) is 11.3 Å². The number of rotatable bonds is 6. The van der Waals surface area contributed by atoms with Gasteiger partial charge < -0.3 is 15.4 Å². The maximum Gasteiger partial charge on any atom is 0.255 e. The number of carbonyl (C=O) groups excluding carboxylic acids is 2. The van der Waals surface area contributed by atoms with Crippen molar-refractivity contribution >= 4 is 34.2 Å². The first-order chi connectivity index (χ1) is 15.0. The van der Waals surface area contributed by atoms with E-state index in [2.05, 4.69) is 20.9 Å². The Kier molecular flexibility index (Phi) is 5.61. The topological polar surface area (TPSA) is 98.1 Å². The van der Waals surface area contributed by atoms with Crippen molar-refractivity contribution in [1.82, 2.24) is 15.0 Å². The van der Waals surface area contributed by atoms with Gasteiger partial charge in [-0.1, -0.05) is 17.3 Å². The molecule has 0 atom stereocenters. The molecule has 0 unspecified atom stereocenters. The third kappa shape index (κ3) is 4.69. The molecule has 8 heteroatoms. The van der Waals surface area contributed by atoms with E-state index in [0.29, 0.717) is 29.0 Å². The fourth-order valence-corrected chi connectivity index (χ4v) is 3.18. The number of anilines is 2. The second-order valence-electron chi connectivity index (χ2n) is 7.01. The van der Waals surface area contributed by atoms with Gasteiger partial charge in [0.25, 0.3) is 5.91 Å². The van der Waals surface area contributed by atoms with Crippen LogP contribution in [-0.4, -0.2) is 33.9 Å². The lowest BCUT2D eigenvalue weighted by atomic mass is 10.1. The van der Waals surface area contributed by atoms with Gasteiger partial charge in [0.2, 0.25) is 5.91 Å². The third-order valence-electron chi connectivity index (χ3n) is 4.73. The van der Waals surface area contributed by atoms with E-state index < -0.39 is 0 Å². The Balaban J connectivity index is 1.47. The van der Waals surface area contributed by atoms with E-state index in [1.54, 1.807) is 48.2 Å². The maximum absolute atomic E-state index is 12.6. The molecule has 2 amide bonds. The van der Waals surface area contributed by atoms with Crippen molar-refractivity contribution in [1.29, 1.82) is 0 Å². The molecule has 0 fully saturated rings. The van der Waals surface area contributed by atoms with Gasteiger partial charge in [-0.2, -0.15) is 0 Å². The van der Waals surface area contributed by atoms with E-state index in [0.717, 1.165) is 16.8 Å². The van der Waals surface area contributed by atoms with Crippen molar-refractivity contribution in [3.8, 4) is 5.75 Å². The molecule has 0 radical (unpaired) electrons. The lowest BCUT2D eigenvalue weighted by molar-refractivity contribution is -0.114. The van der Waals surface area contributed by atoms with Crippen LogP contribution < -0.4 is 15.4 Å². The largest absolute Gasteiger partial charge is 0.497 e. The lowest BCUT2D eigenvalue weighted by Gasteiger charge is -2.07. The Hall–Kier alpha value is -4.20. The number of amides is 2. The number of methoxy groups -OCH3 is 1. The van der Waals surface area contributed by atoms with Crippen molar-refractivity contribution in [2.75, 3.05) is 17.7 Å². The zero-order valence-corrected chi connectivity index (χ0v) is 17.1. The third-order valence-corrected chi connectivity index (χ3v) is 4.73. The number of nitrogens with one attached hydrogen (secondary N) is 2. The zero-order chi connectivity index (χ0) is 21.8. The van der Waals surface area contributed by atoms with E-state index in [-0.39, 0.29) is 11.8 Å². The number of fused-ring (bicyclic) bond motifs is 1. The molecule has 0 bridgehead atoms. The SMILES string of the molecule is COc1ccc(Cn2nnc3cc(C(=O)Nc4ccc(NC(C)=O)cc4)ccc32)cc1. The van der Waals surface area contributed by atoms with Crippen LogP contribution in [0.4, 0.5) is 11.4 Å². The number of hydrogen-bond acceptors (Lipinski definition) is 5. The Morgan fingerprint density at radius 3 is 2.26 bits per heavy atom. The van der Waals surface area contributed by atoms with Gasteiger partial charge in [-0.05, 0) is 60.2 Å². The van der Waals surface area contributed by atoms with Crippen LogP contribution in [0.5, 0.6) is 5.75 Å². The fraction of sp³-hybridized carbons (Fsp3) is 0.130. The number of hydrogen-bond donors (Lipinski definition) is 2. The summed E-state index contributed by atoms with van der Waals surface area (Å²) >= 11 is 0. The molecular weight excluding hydrogens is 394 g/mol. The zero-order valence-electron chi connectivity index (χ0n) is 17.1. The molecule has 0 spiro atoms. The second-order valence-corrected chi connectivity index (χ2v) is 7.01. The summed E-state index contributed by atoms with van der Waals surface area (Å²) in [5.41, 5.74) is 4.32. The minimum atomic E-state index is -0.251. The van der Waals surface area contributed by atoms with Gasteiger partial charge >= 0.3 is 0 Å². The molecule has 8 nitrogen and oxygen atoms in total. The van der Waals surface area contributed by atoms with Crippen LogP contribution in [0.1, 0.15) is 22.8 Å². The summed E-state index contributed by atoms with van der Waals surface area (Å²) in [7, 11) is 1.63. The van der Waals surface area contributed by atoms with Gasteiger partial charge in [-0.25, -0.2) is 4.68 Å². The summed E-state index contributed by atoms with van der Waals surface area (Å²) in [5.74, 6) is 0.400. The van der Waals surface area contributed by atoms with Crippen LogP contribution in [0.15, 0.2) is 66.7 Å². The summed E-state index contributed by atoms with van der Waals surface area (Å²) in [4.78, 5) is 23.7. The van der Waals surface area contributed by atoms with Crippen LogP contribution in [0.3, 0.4) is 0 Å². The predicted molar refractivity (Wildman–Crippen MR) is 118 cm³/mol. The van der Waals surface area contributed by atoms with Crippen LogP contribution in [-0.2, 0) is 11.3 Å². The monoisotopic (exact) mass is 415 g/mol. The molecule has 4 rings (SSSR count). The average molecular weight is 415 g/mol. The summed E-state index contributed by atoms with van der Waals surface area (Å²) < 4.78 is 6.98. The van der Waals surface area contributed by atoms with E-state index in [4.69, 9.17) is 4.74 Å². The molecule has 1 heterocycles. The molecular formula is C23H21N5O3. The highest BCUT2D eigenvalue weighted by Crippen LogP contribution is 2.19. The van der Waals surface area contributed by atoms with E-state index >= 15 is 0 Å². The Labute approximate surface area is 178 Å².